The SMILES string of the molecule is CC/C=C\C/C=C\C/C=C\C/C=C\C/C=C\CCCC(=O)OCC(COCCCCCCCCCCCCCC)OC(=O)CCC/C=C\C/C=C\C/C=C\C/C=C\C/C=C\CC. The minimum Gasteiger partial charge on any atom is -0.462 e. The van der Waals surface area contributed by atoms with Gasteiger partial charge in [0.2, 0.25) is 0 Å². The van der Waals surface area contributed by atoms with Crippen molar-refractivity contribution >= 4 is 11.9 Å². The minimum atomic E-state index is -0.594. The Balaban J connectivity index is 4.47. The first-order chi connectivity index (χ1) is 30.6. The van der Waals surface area contributed by atoms with Gasteiger partial charge >= 0.3 is 11.9 Å². The van der Waals surface area contributed by atoms with Gasteiger partial charge in [-0.2, -0.15) is 0 Å². The zero-order valence-corrected chi connectivity index (χ0v) is 40.1. The largest absolute Gasteiger partial charge is 0.462 e. The summed E-state index contributed by atoms with van der Waals surface area (Å²) < 4.78 is 17.3. The van der Waals surface area contributed by atoms with Crippen molar-refractivity contribution in [2.24, 2.45) is 0 Å². The third kappa shape index (κ3) is 49.0. The summed E-state index contributed by atoms with van der Waals surface area (Å²) >= 11 is 0. The van der Waals surface area contributed by atoms with Gasteiger partial charge in [0.1, 0.15) is 6.61 Å². The molecular formula is C57H92O5. The highest BCUT2D eigenvalue weighted by atomic mass is 16.6. The minimum absolute atomic E-state index is 0.0272. The summed E-state index contributed by atoms with van der Waals surface area (Å²) in [6.45, 7) is 7.46. The van der Waals surface area contributed by atoms with Crippen LogP contribution in [-0.2, 0) is 23.8 Å². The molecule has 62 heavy (non-hydrogen) atoms. The van der Waals surface area contributed by atoms with Crippen LogP contribution in [0.3, 0.4) is 0 Å². The molecule has 0 aliphatic rings. The number of hydrogen-bond acceptors (Lipinski definition) is 5. The molecule has 5 nitrogen and oxygen atoms in total. The van der Waals surface area contributed by atoms with E-state index in [2.05, 4.69) is 142 Å². The van der Waals surface area contributed by atoms with Gasteiger partial charge in [-0.25, -0.2) is 0 Å². The van der Waals surface area contributed by atoms with E-state index in [-0.39, 0.29) is 25.2 Å². The van der Waals surface area contributed by atoms with Gasteiger partial charge < -0.3 is 14.2 Å². The van der Waals surface area contributed by atoms with E-state index in [1.165, 1.54) is 64.2 Å². The summed E-state index contributed by atoms with van der Waals surface area (Å²) in [6.07, 6.45) is 72.1. The molecule has 0 fully saturated rings. The molecule has 0 heterocycles. The highest BCUT2D eigenvalue weighted by Crippen LogP contribution is 2.13. The van der Waals surface area contributed by atoms with Gasteiger partial charge in [0.15, 0.2) is 6.10 Å². The monoisotopic (exact) mass is 857 g/mol. The van der Waals surface area contributed by atoms with Gasteiger partial charge in [0.05, 0.1) is 6.61 Å². The Labute approximate surface area is 382 Å². The van der Waals surface area contributed by atoms with Crippen molar-refractivity contribution in [3.8, 4) is 0 Å². The molecule has 0 radical (unpaired) electrons. The molecule has 1 atom stereocenters. The van der Waals surface area contributed by atoms with E-state index in [0.29, 0.717) is 25.9 Å². The highest BCUT2D eigenvalue weighted by molar-refractivity contribution is 5.70. The van der Waals surface area contributed by atoms with Crippen molar-refractivity contribution in [1.82, 2.24) is 0 Å². The quantitative estimate of drug-likeness (QED) is 0.0347. The number of carbonyl (C=O) groups is 2. The van der Waals surface area contributed by atoms with Crippen molar-refractivity contribution < 1.29 is 23.8 Å². The molecule has 0 aromatic rings. The number of allylic oxidation sites excluding steroid dienone is 20. The van der Waals surface area contributed by atoms with Crippen LogP contribution in [-0.4, -0.2) is 37.9 Å². The first-order valence-corrected chi connectivity index (χ1v) is 25.1. The Bertz CT molecular complexity index is 1290. The van der Waals surface area contributed by atoms with Crippen molar-refractivity contribution in [3.05, 3.63) is 122 Å². The van der Waals surface area contributed by atoms with Crippen molar-refractivity contribution in [2.75, 3.05) is 19.8 Å². The number of carbonyl (C=O) groups excluding carboxylic acids is 2. The predicted molar refractivity (Wildman–Crippen MR) is 269 cm³/mol. The van der Waals surface area contributed by atoms with Crippen molar-refractivity contribution in [1.29, 1.82) is 0 Å². The summed E-state index contributed by atoms with van der Waals surface area (Å²) in [5, 5.41) is 0. The van der Waals surface area contributed by atoms with Gasteiger partial charge in [-0.1, -0.05) is 213 Å². The zero-order valence-electron chi connectivity index (χ0n) is 40.1. The zero-order chi connectivity index (χ0) is 44.9. The van der Waals surface area contributed by atoms with Crippen LogP contribution >= 0.6 is 0 Å². The lowest BCUT2D eigenvalue weighted by molar-refractivity contribution is -0.162. The normalized spacial score (nSPS) is 13.3. The predicted octanol–water partition coefficient (Wildman–Crippen LogP) is 17.0. The van der Waals surface area contributed by atoms with Crippen LogP contribution in [0.2, 0.25) is 0 Å². The Kier molecular flexibility index (Phi) is 48.6. The van der Waals surface area contributed by atoms with Crippen molar-refractivity contribution in [3.63, 3.8) is 0 Å². The number of esters is 2. The van der Waals surface area contributed by atoms with Crippen LogP contribution in [0, 0.1) is 0 Å². The van der Waals surface area contributed by atoms with Crippen molar-refractivity contribution in [2.45, 2.75) is 207 Å². The lowest BCUT2D eigenvalue weighted by Crippen LogP contribution is -2.30. The number of unbranched alkanes of at least 4 members (excludes halogenated alkanes) is 13. The van der Waals surface area contributed by atoms with E-state index < -0.39 is 6.10 Å². The standard InChI is InChI=1S/C57H92O5/c1-4-7-10-13-16-19-22-25-27-29-31-33-35-38-41-44-47-50-56(58)61-54-55(53-60-52-49-46-43-40-37-24-21-18-15-12-9-6-3)62-57(59)51-48-45-42-39-36-34-32-30-28-26-23-20-17-14-11-8-5-2/h7-8,10-11,16-17,19-20,25-28,31-34,38-39,41-42,55H,4-6,9,12-15,18,21-24,29-30,35-37,40,43-54H2,1-3H3/b10-7-,11-8-,19-16-,20-17-,27-25-,28-26-,33-31-,34-32-,41-38-,42-39-. The molecular weight excluding hydrogens is 765 g/mol. The average molecular weight is 857 g/mol. The number of ether oxygens (including phenoxy) is 3. The Hall–Kier alpha value is -3.70. The van der Waals surface area contributed by atoms with Crippen LogP contribution in [0.1, 0.15) is 201 Å². The van der Waals surface area contributed by atoms with E-state index in [9.17, 15) is 9.59 Å². The smallest absolute Gasteiger partial charge is 0.306 e. The summed E-state index contributed by atoms with van der Waals surface area (Å²) in [6, 6.07) is 0. The summed E-state index contributed by atoms with van der Waals surface area (Å²) in [7, 11) is 0. The molecule has 0 aliphatic carbocycles. The molecule has 0 amide bonds. The molecule has 0 saturated carbocycles. The second-order valence-electron chi connectivity index (χ2n) is 16.0. The van der Waals surface area contributed by atoms with E-state index in [1.807, 2.05) is 0 Å². The Morgan fingerprint density at radius 1 is 0.371 bits per heavy atom. The Morgan fingerprint density at radius 3 is 1.10 bits per heavy atom. The highest BCUT2D eigenvalue weighted by Gasteiger charge is 2.17. The Morgan fingerprint density at radius 2 is 0.710 bits per heavy atom. The fourth-order valence-electron chi connectivity index (χ4n) is 6.34. The molecule has 0 aromatic heterocycles. The van der Waals surface area contributed by atoms with Crippen LogP contribution in [0.25, 0.3) is 0 Å². The van der Waals surface area contributed by atoms with Crippen LogP contribution in [0.15, 0.2) is 122 Å². The topological polar surface area (TPSA) is 61.8 Å². The summed E-state index contributed by atoms with van der Waals surface area (Å²) in [5.74, 6) is -0.538. The fraction of sp³-hybridized carbons (Fsp3) is 0.614. The van der Waals surface area contributed by atoms with E-state index in [0.717, 1.165) is 96.3 Å². The van der Waals surface area contributed by atoms with Crippen LogP contribution in [0.4, 0.5) is 0 Å². The van der Waals surface area contributed by atoms with Gasteiger partial charge in [-0.15, -0.1) is 0 Å². The first kappa shape index (κ1) is 58.3. The number of rotatable bonds is 44. The van der Waals surface area contributed by atoms with Crippen LogP contribution < -0.4 is 0 Å². The third-order valence-corrected chi connectivity index (χ3v) is 9.99. The van der Waals surface area contributed by atoms with Gasteiger partial charge in [-0.3, -0.25) is 9.59 Å². The molecule has 0 saturated heterocycles. The van der Waals surface area contributed by atoms with E-state index >= 15 is 0 Å². The number of hydrogen-bond donors (Lipinski definition) is 0. The summed E-state index contributed by atoms with van der Waals surface area (Å²) in [5.41, 5.74) is 0. The maximum Gasteiger partial charge on any atom is 0.306 e. The van der Waals surface area contributed by atoms with Gasteiger partial charge in [0, 0.05) is 19.4 Å². The van der Waals surface area contributed by atoms with Crippen LogP contribution in [0.5, 0.6) is 0 Å². The average Bonchev–Trinajstić information content (AvgIpc) is 3.27. The second-order valence-corrected chi connectivity index (χ2v) is 16.0. The molecule has 350 valence electrons. The van der Waals surface area contributed by atoms with Gasteiger partial charge in [-0.05, 0) is 96.3 Å². The lowest BCUT2D eigenvalue weighted by atomic mass is 10.1. The molecule has 0 spiro atoms. The van der Waals surface area contributed by atoms with E-state index in [4.69, 9.17) is 14.2 Å². The maximum atomic E-state index is 12.8. The fourth-order valence-corrected chi connectivity index (χ4v) is 6.34. The van der Waals surface area contributed by atoms with E-state index in [1.54, 1.807) is 0 Å². The maximum absolute atomic E-state index is 12.8. The molecule has 0 N–H and O–H groups in total. The van der Waals surface area contributed by atoms with Gasteiger partial charge in [0.25, 0.3) is 0 Å². The molecule has 0 aliphatic heterocycles. The molecule has 0 bridgehead atoms. The molecule has 0 aromatic carbocycles. The molecule has 1 unspecified atom stereocenters. The molecule has 0 rings (SSSR count). The first-order valence-electron chi connectivity index (χ1n) is 25.1. The summed E-state index contributed by atoms with van der Waals surface area (Å²) in [4.78, 5) is 25.3. The lowest BCUT2D eigenvalue weighted by Gasteiger charge is -2.18. The molecule has 5 heteroatoms. The third-order valence-electron chi connectivity index (χ3n) is 9.99. The second kappa shape index (κ2) is 51.6.